The average molecular weight is 248 g/mol. The summed E-state index contributed by atoms with van der Waals surface area (Å²) in [5.41, 5.74) is 0.593. The van der Waals surface area contributed by atoms with E-state index in [4.69, 9.17) is 9.84 Å². The lowest BCUT2D eigenvalue weighted by Crippen LogP contribution is -1.94. The summed E-state index contributed by atoms with van der Waals surface area (Å²) in [5.74, 6) is -0.616. The third-order valence-corrected chi connectivity index (χ3v) is 2.06. The van der Waals surface area contributed by atoms with Crippen molar-refractivity contribution in [2.75, 3.05) is 0 Å². The van der Waals surface area contributed by atoms with E-state index in [0.29, 0.717) is 11.5 Å². The second kappa shape index (κ2) is 6.49. The molecule has 1 aromatic rings. The summed E-state index contributed by atoms with van der Waals surface area (Å²) < 4.78 is 4.81. The number of allylic oxidation sites excluding steroid dienone is 1. The van der Waals surface area contributed by atoms with E-state index < -0.39 is 5.97 Å². The summed E-state index contributed by atoms with van der Waals surface area (Å²) >= 11 is 0. The van der Waals surface area contributed by atoms with Crippen LogP contribution in [-0.2, 0) is 9.53 Å². The van der Waals surface area contributed by atoms with Gasteiger partial charge in [0.05, 0.1) is 6.26 Å². The first-order valence-electron chi connectivity index (χ1n) is 5.56. The molecule has 0 saturated carbocycles. The number of hydrogen-bond donors (Lipinski definition) is 2. The van der Waals surface area contributed by atoms with Crippen LogP contribution in [0.1, 0.15) is 19.4 Å². The topological polar surface area (TPSA) is 66.8 Å². The summed E-state index contributed by atoms with van der Waals surface area (Å²) in [4.78, 5) is 11.3. The molecule has 0 aromatic heterocycles. The maximum absolute atomic E-state index is 11.3. The maximum Gasteiger partial charge on any atom is 0.335 e. The normalized spacial score (nSPS) is 11.5. The van der Waals surface area contributed by atoms with Gasteiger partial charge in [0.2, 0.25) is 0 Å². The molecule has 0 heterocycles. The van der Waals surface area contributed by atoms with Crippen molar-refractivity contribution >= 4 is 12.0 Å². The molecule has 0 fully saturated rings. The van der Waals surface area contributed by atoms with Gasteiger partial charge in [-0.25, -0.2) is 4.79 Å². The molecule has 4 nitrogen and oxygen atoms in total. The molecule has 0 bridgehead atoms. The van der Waals surface area contributed by atoms with Crippen LogP contribution in [0.3, 0.4) is 0 Å². The molecule has 0 atom stereocenters. The lowest BCUT2D eigenvalue weighted by molar-refractivity contribution is -0.132. The first-order valence-corrected chi connectivity index (χ1v) is 5.56. The van der Waals surface area contributed by atoms with Crippen molar-refractivity contribution in [3.8, 4) is 11.5 Å². The number of ether oxygens (including phenoxy) is 1. The zero-order valence-corrected chi connectivity index (χ0v) is 10.3. The van der Waals surface area contributed by atoms with Crippen LogP contribution in [-0.4, -0.2) is 16.2 Å². The number of esters is 1. The van der Waals surface area contributed by atoms with E-state index in [0.717, 1.165) is 0 Å². The predicted octanol–water partition coefficient (Wildman–Crippen LogP) is 2.82. The number of phenols is 2. The van der Waals surface area contributed by atoms with Crippen molar-refractivity contribution in [3.63, 3.8) is 0 Å². The quantitative estimate of drug-likeness (QED) is 0.372. The van der Waals surface area contributed by atoms with Gasteiger partial charge in [0.25, 0.3) is 0 Å². The smallest absolute Gasteiger partial charge is 0.335 e. The molecule has 0 aliphatic rings. The van der Waals surface area contributed by atoms with Crippen LogP contribution < -0.4 is 0 Å². The van der Waals surface area contributed by atoms with Crippen LogP contribution in [0.15, 0.2) is 36.6 Å². The molecule has 96 valence electrons. The second-order valence-electron chi connectivity index (χ2n) is 4.09. The van der Waals surface area contributed by atoms with Gasteiger partial charge in [-0.3, -0.25) is 0 Å². The maximum atomic E-state index is 11.3. The zero-order chi connectivity index (χ0) is 13.5. The van der Waals surface area contributed by atoms with Gasteiger partial charge in [-0.15, -0.1) is 0 Å². The van der Waals surface area contributed by atoms with Crippen molar-refractivity contribution in [2.45, 2.75) is 13.8 Å². The fourth-order valence-electron chi connectivity index (χ4n) is 1.11. The van der Waals surface area contributed by atoms with E-state index in [-0.39, 0.29) is 11.5 Å². The van der Waals surface area contributed by atoms with Crippen LogP contribution in [0.25, 0.3) is 6.08 Å². The fourth-order valence-corrected chi connectivity index (χ4v) is 1.11. The Bertz CT molecular complexity index is 473. The minimum absolute atomic E-state index is 0.199. The lowest BCUT2D eigenvalue weighted by Gasteiger charge is -1.98. The number of carbonyl (C=O) groups is 1. The largest absolute Gasteiger partial charge is 0.504 e. The summed E-state index contributed by atoms with van der Waals surface area (Å²) in [6, 6.07) is 4.27. The Hall–Kier alpha value is -2.23. The van der Waals surface area contributed by atoms with Crippen molar-refractivity contribution in [1.29, 1.82) is 0 Å². The first-order chi connectivity index (χ1) is 8.49. The standard InChI is InChI=1S/C14H16O4/c1-10(2)7-8-18-14(17)6-4-11-3-5-12(15)13(16)9-11/h3-10,15-16H,1-2H3/b6-4+,8-7?. The Morgan fingerprint density at radius 3 is 2.61 bits per heavy atom. The van der Waals surface area contributed by atoms with Gasteiger partial charge >= 0.3 is 5.97 Å². The molecule has 2 N–H and O–H groups in total. The number of aromatic hydroxyl groups is 2. The summed E-state index contributed by atoms with van der Waals surface area (Å²) in [6.45, 7) is 3.94. The summed E-state index contributed by atoms with van der Waals surface area (Å²) in [7, 11) is 0. The molecule has 18 heavy (non-hydrogen) atoms. The van der Waals surface area contributed by atoms with Crippen molar-refractivity contribution < 1.29 is 19.7 Å². The van der Waals surface area contributed by atoms with Crippen LogP contribution in [0.5, 0.6) is 11.5 Å². The van der Waals surface area contributed by atoms with Crippen LogP contribution in [0.2, 0.25) is 0 Å². The molecule has 0 saturated heterocycles. The molecule has 4 heteroatoms. The van der Waals surface area contributed by atoms with Crippen molar-refractivity contribution in [1.82, 2.24) is 0 Å². The van der Waals surface area contributed by atoms with Gasteiger partial charge in [-0.2, -0.15) is 0 Å². The monoisotopic (exact) mass is 248 g/mol. The highest BCUT2D eigenvalue weighted by Gasteiger charge is 1.99. The van der Waals surface area contributed by atoms with Gasteiger partial charge in [-0.05, 0) is 35.8 Å². The highest BCUT2D eigenvalue weighted by atomic mass is 16.5. The molecule has 0 spiro atoms. The molecule has 0 aliphatic heterocycles. The van der Waals surface area contributed by atoms with E-state index in [9.17, 15) is 9.90 Å². The predicted molar refractivity (Wildman–Crippen MR) is 68.9 cm³/mol. The van der Waals surface area contributed by atoms with Gasteiger partial charge < -0.3 is 14.9 Å². The highest BCUT2D eigenvalue weighted by molar-refractivity contribution is 5.87. The Morgan fingerprint density at radius 1 is 1.28 bits per heavy atom. The van der Waals surface area contributed by atoms with Crippen LogP contribution in [0, 0.1) is 5.92 Å². The Labute approximate surface area is 106 Å². The summed E-state index contributed by atoms with van der Waals surface area (Å²) in [5, 5.41) is 18.4. The van der Waals surface area contributed by atoms with Gasteiger partial charge in [0.1, 0.15) is 0 Å². The third-order valence-electron chi connectivity index (χ3n) is 2.06. The third kappa shape index (κ3) is 4.74. The Balaban J connectivity index is 2.58. The highest BCUT2D eigenvalue weighted by Crippen LogP contribution is 2.25. The average Bonchev–Trinajstić information content (AvgIpc) is 2.30. The second-order valence-corrected chi connectivity index (χ2v) is 4.09. The zero-order valence-electron chi connectivity index (χ0n) is 10.3. The minimum atomic E-state index is -0.500. The lowest BCUT2D eigenvalue weighted by atomic mass is 10.2. The molecule has 0 unspecified atom stereocenters. The van der Waals surface area contributed by atoms with Crippen LogP contribution in [0.4, 0.5) is 0 Å². The minimum Gasteiger partial charge on any atom is -0.504 e. The molecule has 0 radical (unpaired) electrons. The van der Waals surface area contributed by atoms with E-state index in [2.05, 4.69) is 0 Å². The Kier molecular flexibility index (Phi) is 4.99. The number of hydrogen-bond acceptors (Lipinski definition) is 4. The molecule has 0 aliphatic carbocycles. The first kappa shape index (κ1) is 13.8. The van der Waals surface area contributed by atoms with E-state index >= 15 is 0 Å². The van der Waals surface area contributed by atoms with E-state index in [1.165, 1.54) is 30.5 Å². The molecule has 1 rings (SSSR count). The van der Waals surface area contributed by atoms with Gasteiger partial charge in [0, 0.05) is 6.08 Å². The number of rotatable bonds is 4. The number of phenolic OH excluding ortho intramolecular Hbond substituents is 2. The van der Waals surface area contributed by atoms with Crippen molar-refractivity contribution in [2.24, 2.45) is 5.92 Å². The van der Waals surface area contributed by atoms with Crippen molar-refractivity contribution in [3.05, 3.63) is 42.2 Å². The number of benzene rings is 1. The van der Waals surface area contributed by atoms with E-state index in [1.807, 2.05) is 13.8 Å². The van der Waals surface area contributed by atoms with Gasteiger partial charge in [0.15, 0.2) is 11.5 Å². The van der Waals surface area contributed by atoms with Gasteiger partial charge in [-0.1, -0.05) is 19.9 Å². The molecule has 0 amide bonds. The molecular formula is C14H16O4. The summed E-state index contributed by atoms with van der Waals surface area (Å²) in [6.07, 6.45) is 5.85. The van der Waals surface area contributed by atoms with E-state index in [1.54, 1.807) is 12.1 Å². The molecular weight excluding hydrogens is 232 g/mol. The fraction of sp³-hybridized carbons (Fsp3) is 0.214. The Morgan fingerprint density at radius 2 is 2.00 bits per heavy atom. The van der Waals surface area contributed by atoms with Crippen LogP contribution >= 0.6 is 0 Å². The SMILES string of the molecule is CC(C)C=COC(=O)/C=C/c1ccc(O)c(O)c1. The molecule has 1 aromatic carbocycles. The number of carbonyl (C=O) groups excluding carboxylic acids is 1.